The number of hydrogen-bond acceptors (Lipinski definition) is 4. The van der Waals surface area contributed by atoms with Gasteiger partial charge in [-0.25, -0.2) is 0 Å². The maximum Gasteiger partial charge on any atom is 0.325 e. The molecule has 102 valence electrons. The molecular formula is C13H27NO2S. The summed E-state index contributed by atoms with van der Waals surface area (Å²) in [5.41, 5.74) is -0.522. The summed E-state index contributed by atoms with van der Waals surface area (Å²) in [5.74, 6) is 1.01. The van der Waals surface area contributed by atoms with Crippen molar-refractivity contribution in [3.05, 3.63) is 0 Å². The molecule has 1 unspecified atom stereocenters. The summed E-state index contributed by atoms with van der Waals surface area (Å²) < 4.78 is 4.86. The summed E-state index contributed by atoms with van der Waals surface area (Å²) in [6.07, 6.45) is 3.05. The Labute approximate surface area is 110 Å². The van der Waals surface area contributed by atoms with Crippen LogP contribution in [0.2, 0.25) is 0 Å². The molecule has 3 nitrogen and oxygen atoms in total. The summed E-state index contributed by atoms with van der Waals surface area (Å²) >= 11 is 1.97. The Balaban J connectivity index is 3.97. The topological polar surface area (TPSA) is 38.3 Å². The number of likely N-dealkylation sites (N-methyl/N-ethyl adjacent to an activating group) is 1. The third kappa shape index (κ3) is 6.94. The van der Waals surface area contributed by atoms with Gasteiger partial charge in [0.1, 0.15) is 5.54 Å². The molecule has 0 aliphatic carbocycles. The lowest BCUT2D eigenvalue weighted by Crippen LogP contribution is -2.50. The molecule has 0 heterocycles. The molecule has 1 N–H and O–H groups in total. The van der Waals surface area contributed by atoms with Crippen LogP contribution in [0.15, 0.2) is 0 Å². The quantitative estimate of drug-likeness (QED) is 0.511. The van der Waals surface area contributed by atoms with Gasteiger partial charge in [-0.1, -0.05) is 27.2 Å². The average molecular weight is 261 g/mol. The number of rotatable bonds is 9. The van der Waals surface area contributed by atoms with Crippen LogP contribution in [0.5, 0.6) is 0 Å². The van der Waals surface area contributed by atoms with Crippen LogP contribution in [0.25, 0.3) is 0 Å². The van der Waals surface area contributed by atoms with Gasteiger partial charge in [0.05, 0.1) is 7.11 Å². The van der Waals surface area contributed by atoms with Crippen molar-refractivity contribution >= 4 is 17.7 Å². The van der Waals surface area contributed by atoms with Gasteiger partial charge < -0.3 is 10.1 Å². The molecule has 0 radical (unpaired) electrons. The minimum absolute atomic E-state index is 0.157. The maximum atomic E-state index is 11.7. The molecule has 0 spiro atoms. The number of hydrogen-bond donors (Lipinski definition) is 1. The van der Waals surface area contributed by atoms with Gasteiger partial charge in [-0.05, 0) is 37.3 Å². The highest BCUT2D eigenvalue weighted by Gasteiger charge is 2.32. The van der Waals surface area contributed by atoms with Crippen LogP contribution in [0.3, 0.4) is 0 Å². The molecule has 0 aromatic carbocycles. The molecule has 1 atom stereocenters. The molecule has 0 amide bonds. The number of ether oxygens (including phenoxy) is 1. The predicted molar refractivity (Wildman–Crippen MR) is 75.5 cm³/mol. The molecule has 0 bridgehead atoms. The zero-order chi connectivity index (χ0) is 13.3. The van der Waals surface area contributed by atoms with Gasteiger partial charge in [-0.3, -0.25) is 4.79 Å². The predicted octanol–water partition coefficient (Wildman–Crippen LogP) is 2.84. The Bertz CT molecular complexity index is 221. The highest BCUT2D eigenvalue weighted by molar-refractivity contribution is 7.99. The smallest absolute Gasteiger partial charge is 0.325 e. The van der Waals surface area contributed by atoms with Crippen molar-refractivity contribution in [1.29, 1.82) is 0 Å². The van der Waals surface area contributed by atoms with Crippen molar-refractivity contribution in [2.24, 2.45) is 0 Å². The number of carbonyl (C=O) groups is 1. The van der Waals surface area contributed by atoms with Crippen LogP contribution in [-0.4, -0.2) is 36.2 Å². The summed E-state index contributed by atoms with van der Waals surface area (Å²) in [4.78, 5) is 11.7. The number of esters is 1. The maximum absolute atomic E-state index is 11.7. The Morgan fingerprint density at radius 2 is 2.06 bits per heavy atom. The third-order valence-corrected chi connectivity index (χ3v) is 3.92. The second-order valence-corrected chi connectivity index (χ2v) is 6.42. The number of nitrogens with one attached hydrogen (secondary N) is 1. The molecule has 0 rings (SSSR count). The first-order chi connectivity index (χ1) is 7.96. The van der Waals surface area contributed by atoms with Gasteiger partial charge in [0.2, 0.25) is 0 Å². The van der Waals surface area contributed by atoms with Crippen molar-refractivity contribution in [3.63, 3.8) is 0 Å². The Hall–Kier alpha value is -0.220. The molecule has 0 aliphatic heterocycles. The zero-order valence-electron chi connectivity index (χ0n) is 11.8. The second-order valence-electron chi connectivity index (χ2n) is 4.73. The molecule has 17 heavy (non-hydrogen) atoms. The van der Waals surface area contributed by atoms with E-state index >= 15 is 0 Å². The third-order valence-electron chi connectivity index (χ3n) is 2.73. The van der Waals surface area contributed by atoms with E-state index in [1.54, 1.807) is 0 Å². The first-order valence-electron chi connectivity index (χ1n) is 6.41. The highest BCUT2D eigenvalue weighted by atomic mass is 32.2. The van der Waals surface area contributed by atoms with E-state index in [0.717, 1.165) is 25.8 Å². The first kappa shape index (κ1) is 16.8. The van der Waals surface area contributed by atoms with Crippen LogP contribution in [-0.2, 0) is 9.53 Å². The van der Waals surface area contributed by atoms with Gasteiger partial charge in [0.15, 0.2) is 0 Å². The molecule has 0 aromatic heterocycles. The first-order valence-corrected chi connectivity index (χ1v) is 7.46. The lowest BCUT2D eigenvalue weighted by Gasteiger charge is -2.27. The summed E-state index contributed by atoms with van der Waals surface area (Å²) in [7, 11) is 1.45. The van der Waals surface area contributed by atoms with E-state index in [9.17, 15) is 4.79 Å². The number of unbranched alkanes of at least 4 members (excludes halogenated alkanes) is 1. The van der Waals surface area contributed by atoms with E-state index in [2.05, 4.69) is 19.2 Å². The molecule has 0 aromatic rings. The Kier molecular flexibility index (Phi) is 8.70. The Morgan fingerprint density at radius 1 is 1.41 bits per heavy atom. The summed E-state index contributed by atoms with van der Waals surface area (Å²) in [5, 5.41) is 3.92. The van der Waals surface area contributed by atoms with Gasteiger partial charge in [0.25, 0.3) is 0 Å². The standard InChI is InChI=1S/C13H27NO2S/c1-6-14-13(4,12(15)16-5)9-7-8-10-17-11(2)3/h11,14H,6-10H2,1-5H3. The monoisotopic (exact) mass is 261 g/mol. The SMILES string of the molecule is CCNC(C)(CCCCSC(C)C)C(=O)OC. The van der Waals surface area contributed by atoms with E-state index in [1.807, 2.05) is 25.6 Å². The van der Waals surface area contributed by atoms with E-state index in [0.29, 0.717) is 5.25 Å². The van der Waals surface area contributed by atoms with E-state index in [-0.39, 0.29) is 5.97 Å². The van der Waals surface area contributed by atoms with Gasteiger partial charge in [0, 0.05) is 0 Å². The highest BCUT2D eigenvalue weighted by Crippen LogP contribution is 2.18. The van der Waals surface area contributed by atoms with Crippen molar-refractivity contribution in [2.45, 2.75) is 57.7 Å². The molecule has 0 aliphatic rings. The van der Waals surface area contributed by atoms with E-state index in [4.69, 9.17) is 4.74 Å². The van der Waals surface area contributed by atoms with Crippen LogP contribution in [0.4, 0.5) is 0 Å². The fraction of sp³-hybridized carbons (Fsp3) is 0.923. The fourth-order valence-corrected chi connectivity index (χ4v) is 2.62. The van der Waals surface area contributed by atoms with E-state index < -0.39 is 5.54 Å². The summed E-state index contributed by atoms with van der Waals surface area (Å²) in [6.45, 7) is 9.14. The van der Waals surface area contributed by atoms with Crippen molar-refractivity contribution in [3.8, 4) is 0 Å². The summed E-state index contributed by atoms with van der Waals surface area (Å²) in [6, 6.07) is 0. The fourth-order valence-electron chi connectivity index (χ4n) is 1.78. The normalized spacial score (nSPS) is 14.7. The van der Waals surface area contributed by atoms with Gasteiger partial charge in [-0.2, -0.15) is 11.8 Å². The molecular weight excluding hydrogens is 234 g/mol. The largest absolute Gasteiger partial charge is 0.468 e. The zero-order valence-corrected chi connectivity index (χ0v) is 12.7. The lowest BCUT2D eigenvalue weighted by molar-refractivity contribution is -0.148. The average Bonchev–Trinajstić information content (AvgIpc) is 2.27. The number of carbonyl (C=O) groups excluding carboxylic acids is 1. The minimum atomic E-state index is -0.522. The van der Waals surface area contributed by atoms with Crippen molar-refractivity contribution < 1.29 is 9.53 Å². The molecule has 0 saturated carbocycles. The Morgan fingerprint density at radius 3 is 2.53 bits per heavy atom. The number of thioether (sulfide) groups is 1. The van der Waals surface area contributed by atoms with Gasteiger partial charge >= 0.3 is 5.97 Å². The lowest BCUT2D eigenvalue weighted by atomic mass is 9.95. The van der Waals surface area contributed by atoms with Crippen LogP contribution >= 0.6 is 11.8 Å². The molecule has 0 fully saturated rings. The van der Waals surface area contributed by atoms with Crippen LogP contribution in [0, 0.1) is 0 Å². The van der Waals surface area contributed by atoms with Crippen LogP contribution < -0.4 is 5.32 Å². The van der Waals surface area contributed by atoms with Crippen LogP contribution in [0.1, 0.15) is 47.0 Å². The number of methoxy groups -OCH3 is 1. The van der Waals surface area contributed by atoms with E-state index in [1.165, 1.54) is 12.9 Å². The van der Waals surface area contributed by atoms with Crippen molar-refractivity contribution in [1.82, 2.24) is 5.32 Å². The molecule has 4 heteroatoms. The minimum Gasteiger partial charge on any atom is -0.468 e. The van der Waals surface area contributed by atoms with Crippen molar-refractivity contribution in [2.75, 3.05) is 19.4 Å². The second kappa shape index (κ2) is 8.81. The van der Waals surface area contributed by atoms with Gasteiger partial charge in [-0.15, -0.1) is 0 Å². The molecule has 0 saturated heterocycles.